The third-order valence-corrected chi connectivity index (χ3v) is 3.90. The lowest BCUT2D eigenvalue weighted by Crippen LogP contribution is -2.18. The normalized spacial score (nSPS) is 11.5. The van der Waals surface area contributed by atoms with Crippen LogP contribution in [0.3, 0.4) is 0 Å². The minimum Gasteiger partial charge on any atom is -0.325 e. The number of thiazole rings is 1. The van der Waals surface area contributed by atoms with E-state index in [0.717, 1.165) is 21.6 Å². The summed E-state index contributed by atoms with van der Waals surface area (Å²) in [4.78, 5) is 16.9. The number of carbonyl (C=O) groups is 1. The first-order chi connectivity index (χ1) is 9.77. The van der Waals surface area contributed by atoms with Crippen molar-refractivity contribution < 1.29 is 18.0 Å². The second kappa shape index (κ2) is 5.85. The molecule has 0 fully saturated rings. The SMILES string of the molecule is Cc1nc(C)c(CC(=O)Nc2ccccc2C(F)(F)F)s1. The van der Waals surface area contributed by atoms with Crippen molar-refractivity contribution in [2.24, 2.45) is 0 Å². The molecular weight excluding hydrogens is 301 g/mol. The van der Waals surface area contributed by atoms with Gasteiger partial charge in [0.05, 0.1) is 28.4 Å². The van der Waals surface area contributed by atoms with Crippen LogP contribution in [0.2, 0.25) is 0 Å². The summed E-state index contributed by atoms with van der Waals surface area (Å²) in [5.41, 5.74) is -0.346. The van der Waals surface area contributed by atoms with Gasteiger partial charge in [0.2, 0.25) is 5.91 Å². The van der Waals surface area contributed by atoms with Crippen LogP contribution in [0.5, 0.6) is 0 Å². The molecule has 0 bridgehead atoms. The fourth-order valence-corrected chi connectivity index (χ4v) is 2.85. The van der Waals surface area contributed by atoms with Crippen LogP contribution in [-0.4, -0.2) is 10.9 Å². The fraction of sp³-hybridized carbons (Fsp3) is 0.286. The maximum Gasteiger partial charge on any atom is 0.418 e. The predicted molar refractivity (Wildman–Crippen MR) is 75.4 cm³/mol. The number of carbonyl (C=O) groups excluding carboxylic acids is 1. The van der Waals surface area contributed by atoms with E-state index in [1.165, 1.54) is 29.5 Å². The Bertz CT molecular complexity index is 664. The lowest BCUT2D eigenvalue weighted by Gasteiger charge is -2.13. The van der Waals surface area contributed by atoms with Crippen molar-refractivity contribution in [1.29, 1.82) is 0 Å². The molecule has 0 spiro atoms. The standard InChI is InChI=1S/C14H13F3N2OS/c1-8-12(21-9(2)18-8)7-13(20)19-11-6-4-3-5-10(11)14(15,16)17/h3-6H,7H2,1-2H3,(H,19,20). The quantitative estimate of drug-likeness (QED) is 0.932. The van der Waals surface area contributed by atoms with Gasteiger partial charge in [-0.3, -0.25) is 4.79 Å². The van der Waals surface area contributed by atoms with E-state index in [0.29, 0.717) is 0 Å². The zero-order valence-corrected chi connectivity index (χ0v) is 12.2. The zero-order valence-electron chi connectivity index (χ0n) is 11.4. The van der Waals surface area contributed by atoms with E-state index in [4.69, 9.17) is 0 Å². The van der Waals surface area contributed by atoms with E-state index >= 15 is 0 Å². The third kappa shape index (κ3) is 3.81. The molecule has 112 valence electrons. The number of nitrogens with one attached hydrogen (secondary N) is 1. The average molecular weight is 314 g/mol. The number of anilines is 1. The monoisotopic (exact) mass is 314 g/mol. The summed E-state index contributed by atoms with van der Waals surface area (Å²) in [6.07, 6.45) is -4.48. The van der Waals surface area contributed by atoms with Gasteiger partial charge < -0.3 is 5.32 Å². The van der Waals surface area contributed by atoms with Crippen LogP contribution in [0.25, 0.3) is 0 Å². The van der Waals surface area contributed by atoms with E-state index < -0.39 is 17.6 Å². The van der Waals surface area contributed by atoms with E-state index in [1.54, 1.807) is 6.92 Å². The molecule has 21 heavy (non-hydrogen) atoms. The molecule has 0 radical (unpaired) electrons. The van der Waals surface area contributed by atoms with Gasteiger partial charge >= 0.3 is 6.18 Å². The minimum atomic E-state index is -4.50. The molecule has 0 aliphatic rings. The molecule has 3 nitrogen and oxygen atoms in total. The number of nitrogens with zero attached hydrogens (tertiary/aromatic N) is 1. The summed E-state index contributed by atoms with van der Waals surface area (Å²) in [5, 5.41) is 3.15. The Morgan fingerprint density at radius 2 is 1.95 bits per heavy atom. The Labute approximate surface area is 123 Å². The number of amides is 1. The molecule has 0 aliphatic heterocycles. The highest BCUT2D eigenvalue weighted by Gasteiger charge is 2.33. The highest BCUT2D eigenvalue weighted by atomic mass is 32.1. The Hall–Kier alpha value is -1.89. The molecular formula is C14H13F3N2OS. The van der Waals surface area contributed by atoms with Crippen LogP contribution < -0.4 is 5.32 Å². The molecule has 0 atom stereocenters. The topological polar surface area (TPSA) is 42.0 Å². The van der Waals surface area contributed by atoms with Gasteiger partial charge in [0.25, 0.3) is 0 Å². The molecule has 0 aliphatic carbocycles. The number of rotatable bonds is 3. The van der Waals surface area contributed by atoms with Gasteiger partial charge in [-0.05, 0) is 26.0 Å². The number of aromatic nitrogens is 1. The van der Waals surface area contributed by atoms with Crippen LogP contribution in [0.1, 0.15) is 21.1 Å². The Kier molecular flexibility index (Phi) is 4.32. The summed E-state index contributed by atoms with van der Waals surface area (Å²) in [6.45, 7) is 3.59. The van der Waals surface area contributed by atoms with Gasteiger partial charge in [0, 0.05) is 4.88 Å². The average Bonchev–Trinajstić information content (AvgIpc) is 2.67. The van der Waals surface area contributed by atoms with Crippen molar-refractivity contribution in [1.82, 2.24) is 4.98 Å². The van der Waals surface area contributed by atoms with Gasteiger partial charge in [-0.2, -0.15) is 13.2 Å². The van der Waals surface area contributed by atoms with Crippen LogP contribution in [0.4, 0.5) is 18.9 Å². The number of hydrogen-bond acceptors (Lipinski definition) is 3. The van der Waals surface area contributed by atoms with E-state index in [9.17, 15) is 18.0 Å². The molecule has 1 aromatic heterocycles. The number of alkyl halides is 3. The maximum atomic E-state index is 12.8. The third-order valence-electron chi connectivity index (χ3n) is 2.83. The first-order valence-corrected chi connectivity index (χ1v) is 6.98. The number of benzene rings is 1. The van der Waals surface area contributed by atoms with Gasteiger partial charge in [0.15, 0.2) is 0 Å². The lowest BCUT2D eigenvalue weighted by molar-refractivity contribution is -0.137. The van der Waals surface area contributed by atoms with Crippen molar-refractivity contribution in [2.75, 3.05) is 5.32 Å². The predicted octanol–water partition coefficient (Wildman–Crippen LogP) is 3.96. The van der Waals surface area contributed by atoms with Crippen molar-refractivity contribution in [2.45, 2.75) is 26.4 Å². The summed E-state index contributed by atoms with van der Waals surface area (Å²) in [7, 11) is 0. The number of aryl methyl sites for hydroxylation is 2. The smallest absolute Gasteiger partial charge is 0.325 e. The largest absolute Gasteiger partial charge is 0.418 e. The van der Waals surface area contributed by atoms with Crippen LogP contribution in [-0.2, 0) is 17.4 Å². The summed E-state index contributed by atoms with van der Waals surface area (Å²) < 4.78 is 38.5. The van der Waals surface area contributed by atoms with E-state index in [-0.39, 0.29) is 12.1 Å². The summed E-state index contributed by atoms with van der Waals surface area (Å²) >= 11 is 1.37. The van der Waals surface area contributed by atoms with Crippen LogP contribution >= 0.6 is 11.3 Å². The Morgan fingerprint density at radius 1 is 1.29 bits per heavy atom. The molecule has 0 saturated heterocycles. The molecule has 1 heterocycles. The second-order valence-corrected chi connectivity index (χ2v) is 5.80. The first-order valence-electron chi connectivity index (χ1n) is 6.16. The highest BCUT2D eigenvalue weighted by Crippen LogP contribution is 2.34. The fourth-order valence-electron chi connectivity index (χ4n) is 1.92. The minimum absolute atomic E-state index is 0.0174. The molecule has 7 heteroatoms. The number of hydrogen-bond donors (Lipinski definition) is 1. The van der Waals surface area contributed by atoms with Crippen molar-refractivity contribution >= 4 is 22.9 Å². The van der Waals surface area contributed by atoms with Gasteiger partial charge in [-0.25, -0.2) is 4.98 Å². The Morgan fingerprint density at radius 3 is 2.52 bits per heavy atom. The number of para-hydroxylation sites is 1. The molecule has 0 unspecified atom stereocenters. The molecule has 1 amide bonds. The van der Waals surface area contributed by atoms with Crippen molar-refractivity contribution in [3.8, 4) is 0 Å². The number of halogens is 3. The van der Waals surface area contributed by atoms with E-state index in [2.05, 4.69) is 10.3 Å². The van der Waals surface area contributed by atoms with Gasteiger partial charge in [-0.1, -0.05) is 12.1 Å². The molecule has 0 saturated carbocycles. The Balaban J connectivity index is 2.15. The summed E-state index contributed by atoms with van der Waals surface area (Å²) in [6, 6.07) is 4.92. The second-order valence-electron chi connectivity index (χ2n) is 4.51. The van der Waals surface area contributed by atoms with Crippen molar-refractivity contribution in [3.63, 3.8) is 0 Å². The van der Waals surface area contributed by atoms with Gasteiger partial charge in [-0.15, -0.1) is 11.3 Å². The van der Waals surface area contributed by atoms with E-state index in [1.807, 2.05) is 6.92 Å². The highest BCUT2D eigenvalue weighted by molar-refractivity contribution is 7.11. The lowest BCUT2D eigenvalue weighted by atomic mass is 10.1. The zero-order chi connectivity index (χ0) is 15.6. The first kappa shape index (κ1) is 15.5. The van der Waals surface area contributed by atoms with Crippen LogP contribution in [0, 0.1) is 13.8 Å². The molecule has 2 aromatic rings. The van der Waals surface area contributed by atoms with Gasteiger partial charge in [0.1, 0.15) is 0 Å². The molecule has 1 N–H and O–H groups in total. The molecule has 1 aromatic carbocycles. The summed E-state index contributed by atoms with van der Waals surface area (Å²) in [5.74, 6) is -0.488. The maximum absolute atomic E-state index is 12.8. The van der Waals surface area contributed by atoms with Crippen LogP contribution in [0.15, 0.2) is 24.3 Å². The van der Waals surface area contributed by atoms with Crippen molar-refractivity contribution in [3.05, 3.63) is 45.4 Å². The molecule has 2 rings (SSSR count).